The maximum atomic E-state index is 13.7. The van der Waals surface area contributed by atoms with E-state index >= 15 is 0 Å². The Kier molecular flexibility index (Phi) is 9.12. The summed E-state index contributed by atoms with van der Waals surface area (Å²) in [6.45, 7) is 7.68. The molecule has 0 bridgehead atoms. The van der Waals surface area contributed by atoms with Crippen molar-refractivity contribution in [3.05, 3.63) is 22.2 Å². The van der Waals surface area contributed by atoms with Crippen LogP contribution in [0.3, 0.4) is 0 Å². The van der Waals surface area contributed by atoms with Crippen molar-refractivity contribution in [1.29, 1.82) is 0 Å². The number of hydrogen-bond donors (Lipinski definition) is 1. The summed E-state index contributed by atoms with van der Waals surface area (Å²) >= 11 is 3.46. The van der Waals surface area contributed by atoms with Crippen molar-refractivity contribution in [3.8, 4) is 0 Å². The van der Waals surface area contributed by atoms with Gasteiger partial charge in [-0.05, 0) is 78.7 Å². The van der Waals surface area contributed by atoms with E-state index in [0.29, 0.717) is 61.5 Å². The summed E-state index contributed by atoms with van der Waals surface area (Å²) in [4.78, 5) is 29.7. The van der Waals surface area contributed by atoms with Crippen molar-refractivity contribution >= 4 is 43.5 Å². The molecule has 0 unspecified atom stereocenters. The van der Waals surface area contributed by atoms with Gasteiger partial charge in [-0.1, -0.05) is 20.3 Å². The number of sulfonamides is 1. The fourth-order valence-electron chi connectivity index (χ4n) is 5.83. The molecule has 8 nitrogen and oxygen atoms in total. The molecule has 0 spiro atoms. The molecular formula is C26H39BrN4O4S. The third-order valence-electron chi connectivity index (χ3n) is 7.92. The van der Waals surface area contributed by atoms with Gasteiger partial charge in [0.1, 0.15) is 0 Å². The van der Waals surface area contributed by atoms with Crippen LogP contribution in [-0.4, -0.2) is 74.7 Å². The molecule has 4 rings (SSSR count). The van der Waals surface area contributed by atoms with Gasteiger partial charge >= 0.3 is 0 Å². The molecule has 0 saturated carbocycles. The first kappa shape index (κ1) is 27.5. The lowest BCUT2D eigenvalue weighted by Crippen LogP contribution is -2.48. The Morgan fingerprint density at radius 2 is 1.89 bits per heavy atom. The zero-order chi connectivity index (χ0) is 25.9. The molecule has 3 heterocycles. The minimum atomic E-state index is -3.82. The van der Waals surface area contributed by atoms with Crippen molar-refractivity contribution < 1.29 is 18.0 Å². The summed E-state index contributed by atoms with van der Waals surface area (Å²) in [7, 11) is -3.82. The molecular weight excluding hydrogens is 544 g/mol. The van der Waals surface area contributed by atoms with Crippen LogP contribution >= 0.6 is 15.9 Å². The molecule has 1 N–H and O–H groups in total. The van der Waals surface area contributed by atoms with Crippen molar-refractivity contribution in [2.45, 2.75) is 76.2 Å². The Morgan fingerprint density at radius 3 is 2.64 bits per heavy atom. The number of amides is 2. The molecule has 0 radical (unpaired) electrons. The molecule has 3 aliphatic rings. The van der Waals surface area contributed by atoms with Gasteiger partial charge in [0.15, 0.2) is 0 Å². The van der Waals surface area contributed by atoms with Gasteiger partial charge in [0.05, 0.1) is 10.8 Å². The van der Waals surface area contributed by atoms with Gasteiger partial charge in [0.2, 0.25) is 21.8 Å². The lowest BCUT2D eigenvalue weighted by Gasteiger charge is -2.35. The molecule has 10 heteroatoms. The molecule has 0 aromatic heterocycles. The molecule has 3 aliphatic heterocycles. The summed E-state index contributed by atoms with van der Waals surface area (Å²) in [5, 5.41) is 3.07. The van der Waals surface area contributed by atoms with Crippen LogP contribution in [-0.2, 0) is 26.0 Å². The highest BCUT2D eigenvalue weighted by Gasteiger charge is 2.36. The number of fused-ring (bicyclic) bond motifs is 1. The van der Waals surface area contributed by atoms with Crippen LogP contribution in [0.2, 0.25) is 0 Å². The highest BCUT2D eigenvalue weighted by Crippen LogP contribution is 2.37. The van der Waals surface area contributed by atoms with Gasteiger partial charge in [-0.2, -0.15) is 4.31 Å². The Labute approximate surface area is 223 Å². The molecule has 2 atom stereocenters. The Morgan fingerprint density at radius 1 is 1.08 bits per heavy atom. The molecule has 1 aromatic rings. The minimum absolute atomic E-state index is 0.0102. The van der Waals surface area contributed by atoms with Crippen molar-refractivity contribution in [2.75, 3.05) is 44.2 Å². The van der Waals surface area contributed by atoms with Crippen LogP contribution in [0.25, 0.3) is 0 Å². The quantitative estimate of drug-likeness (QED) is 0.506. The number of hydrogen-bond acceptors (Lipinski definition) is 5. The van der Waals surface area contributed by atoms with Crippen molar-refractivity contribution in [1.82, 2.24) is 14.5 Å². The summed E-state index contributed by atoms with van der Waals surface area (Å²) in [6.07, 6.45) is 7.26. The van der Waals surface area contributed by atoms with E-state index in [4.69, 9.17) is 0 Å². The molecule has 0 aliphatic carbocycles. The molecule has 1 aromatic carbocycles. The first-order valence-corrected chi connectivity index (χ1v) is 15.6. The zero-order valence-corrected chi connectivity index (χ0v) is 23.9. The first-order chi connectivity index (χ1) is 17.3. The highest BCUT2D eigenvalue weighted by atomic mass is 79.9. The predicted octanol–water partition coefficient (Wildman–Crippen LogP) is 3.53. The third kappa shape index (κ3) is 5.81. The van der Waals surface area contributed by atoms with E-state index in [1.54, 1.807) is 11.0 Å². The topological polar surface area (TPSA) is 90.0 Å². The van der Waals surface area contributed by atoms with Crippen LogP contribution in [0.4, 0.5) is 5.69 Å². The van der Waals surface area contributed by atoms with Crippen LogP contribution in [0.1, 0.15) is 64.4 Å². The van der Waals surface area contributed by atoms with E-state index < -0.39 is 10.0 Å². The monoisotopic (exact) mass is 582 g/mol. The maximum absolute atomic E-state index is 13.7. The van der Waals surface area contributed by atoms with E-state index in [9.17, 15) is 18.0 Å². The van der Waals surface area contributed by atoms with Gasteiger partial charge in [0.25, 0.3) is 0 Å². The van der Waals surface area contributed by atoms with Gasteiger partial charge < -0.3 is 10.2 Å². The average molecular weight is 584 g/mol. The number of carbonyl (C=O) groups excluding carboxylic acids is 2. The number of benzene rings is 1. The van der Waals surface area contributed by atoms with Gasteiger partial charge in [-0.3, -0.25) is 14.5 Å². The highest BCUT2D eigenvalue weighted by molar-refractivity contribution is 9.10. The van der Waals surface area contributed by atoms with Crippen molar-refractivity contribution in [2.24, 2.45) is 5.92 Å². The summed E-state index contributed by atoms with van der Waals surface area (Å²) < 4.78 is 29.3. The lowest BCUT2D eigenvalue weighted by molar-refractivity contribution is -0.126. The van der Waals surface area contributed by atoms with Crippen LogP contribution in [0.15, 0.2) is 21.5 Å². The SMILES string of the molecule is CCC(=O)N1CCc2cc(Br)c(S(=O)(=O)N3CCC[C@@H](C(=O)NCCN4CCCC[C@@H]4CC)C3)cc21. The Bertz CT molecular complexity index is 1080. The van der Waals surface area contributed by atoms with E-state index in [0.717, 1.165) is 25.1 Å². The predicted molar refractivity (Wildman–Crippen MR) is 144 cm³/mol. The standard InChI is InChI=1S/C26H39BrN4O4S/c1-3-21-9-5-6-12-29(21)15-11-28-26(33)20-8-7-13-30(18-20)36(34,35)24-17-23-19(16-22(24)27)10-14-31(23)25(32)4-2/h16-17,20-21H,3-15,18H2,1-2H3,(H,28,33)/t20-,21+/m1/s1. The number of piperidine rings is 2. The maximum Gasteiger partial charge on any atom is 0.244 e. The first-order valence-electron chi connectivity index (χ1n) is 13.4. The van der Waals surface area contributed by atoms with E-state index in [2.05, 4.69) is 33.1 Å². The molecule has 2 saturated heterocycles. The number of rotatable bonds is 8. The van der Waals surface area contributed by atoms with Crippen LogP contribution in [0, 0.1) is 5.92 Å². The van der Waals surface area contributed by atoms with Gasteiger partial charge in [0, 0.05) is 55.3 Å². The smallest absolute Gasteiger partial charge is 0.244 e. The van der Waals surface area contributed by atoms with Crippen LogP contribution in [0.5, 0.6) is 0 Å². The summed E-state index contributed by atoms with van der Waals surface area (Å²) in [5.74, 6) is -0.431. The number of halogens is 1. The zero-order valence-electron chi connectivity index (χ0n) is 21.5. The second-order valence-electron chi connectivity index (χ2n) is 10.1. The van der Waals surface area contributed by atoms with Gasteiger partial charge in [-0.25, -0.2) is 8.42 Å². The van der Waals surface area contributed by atoms with E-state index in [1.807, 2.05) is 13.0 Å². The second kappa shape index (κ2) is 11.9. The number of nitrogens with zero attached hydrogens (tertiary/aromatic N) is 3. The van der Waals surface area contributed by atoms with Crippen LogP contribution < -0.4 is 10.2 Å². The number of nitrogens with one attached hydrogen (secondary N) is 1. The Hall–Kier alpha value is -1.49. The molecule has 36 heavy (non-hydrogen) atoms. The second-order valence-corrected chi connectivity index (χ2v) is 12.9. The number of likely N-dealkylation sites (tertiary alicyclic amines) is 1. The largest absolute Gasteiger partial charge is 0.355 e. The fraction of sp³-hybridized carbons (Fsp3) is 0.692. The fourth-order valence-corrected chi connectivity index (χ4v) is 8.43. The van der Waals surface area contributed by atoms with E-state index in [1.165, 1.54) is 23.6 Å². The Balaban J connectivity index is 1.41. The average Bonchev–Trinajstić information content (AvgIpc) is 3.30. The minimum Gasteiger partial charge on any atom is -0.355 e. The van der Waals surface area contributed by atoms with Crippen molar-refractivity contribution in [3.63, 3.8) is 0 Å². The van der Waals surface area contributed by atoms with Gasteiger partial charge in [-0.15, -0.1) is 0 Å². The van der Waals surface area contributed by atoms with E-state index in [-0.39, 0.29) is 29.2 Å². The lowest BCUT2D eigenvalue weighted by atomic mass is 9.98. The number of anilines is 1. The summed E-state index contributed by atoms with van der Waals surface area (Å²) in [6, 6.07) is 4.05. The summed E-state index contributed by atoms with van der Waals surface area (Å²) in [5.41, 5.74) is 1.65. The normalized spacial score (nSPS) is 23.5. The third-order valence-corrected chi connectivity index (χ3v) is 10.7. The number of carbonyl (C=O) groups is 2. The molecule has 2 fully saturated rings. The molecule has 2 amide bonds. The molecule has 200 valence electrons.